The van der Waals surface area contributed by atoms with E-state index in [2.05, 4.69) is 19.1 Å². The standard InChI is InChI=1S/C13H18O/c1-10(11-6-3-2-4-7-11)13(14)12-8-5-9-12/h2-4,6-7,10,12-14H,5,8-9H2,1H3. The van der Waals surface area contributed by atoms with Crippen LogP contribution in [0.3, 0.4) is 0 Å². The van der Waals surface area contributed by atoms with Gasteiger partial charge in [-0.15, -0.1) is 0 Å². The third-order valence-corrected chi connectivity index (χ3v) is 3.47. The van der Waals surface area contributed by atoms with Gasteiger partial charge in [0.15, 0.2) is 0 Å². The predicted octanol–water partition coefficient (Wildman–Crippen LogP) is 2.95. The van der Waals surface area contributed by atoms with Crippen molar-refractivity contribution in [2.75, 3.05) is 0 Å². The van der Waals surface area contributed by atoms with E-state index in [1.807, 2.05) is 18.2 Å². The smallest absolute Gasteiger partial charge is 0.0634 e. The van der Waals surface area contributed by atoms with Gasteiger partial charge in [0.25, 0.3) is 0 Å². The van der Waals surface area contributed by atoms with E-state index in [1.54, 1.807) is 0 Å². The molecule has 0 radical (unpaired) electrons. The summed E-state index contributed by atoms with van der Waals surface area (Å²) in [5, 5.41) is 10.1. The van der Waals surface area contributed by atoms with Crippen LogP contribution in [0.2, 0.25) is 0 Å². The zero-order chi connectivity index (χ0) is 9.97. The summed E-state index contributed by atoms with van der Waals surface area (Å²) in [5.41, 5.74) is 1.26. The summed E-state index contributed by atoms with van der Waals surface area (Å²) < 4.78 is 0. The van der Waals surface area contributed by atoms with Crippen LogP contribution in [0.1, 0.15) is 37.7 Å². The van der Waals surface area contributed by atoms with Gasteiger partial charge < -0.3 is 5.11 Å². The van der Waals surface area contributed by atoms with E-state index in [9.17, 15) is 5.11 Å². The first kappa shape index (κ1) is 9.72. The number of hydrogen-bond acceptors (Lipinski definition) is 1. The second kappa shape index (κ2) is 4.14. The molecule has 1 aromatic carbocycles. The number of hydrogen-bond donors (Lipinski definition) is 1. The molecule has 0 saturated heterocycles. The van der Waals surface area contributed by atoms with Crippen LogP contribution in [0.5, 0.6) is 0 Å². The number of aliphatic hydroxyl groups is 1. The lowest BCUT2D eigenvalue weighted by molar-refractivity contribution is 0.0445. The van der Waals surface area contributed by atoms with Crippen molar-refractivity contribution < 1.29 is 5.11 Å². The van der Waals surface area contributed by atoms with Gasteiger partial charge in [-0.3, -0.25) is 0 Å². The fourth-order valence-electron chi connectivity index (χ4n) is 2.14. The molecule has 0 bridgehead atoms. The Balaban J connectivity index is 2.03. The molecule has 1 aliphatic carbocycles. The Morgan fingerprint density at radius 2 is 1.86 bits per heavy atom. The second-order valence-corrected chi connectivity index (χ2v) is 4.38. The highest BCUT2D eigenvalue weighted by atomic mass is 16.3. The molecule has 2 unspecified atom stereocenters. The molecule has 76 valence electrons. The van der Waals surface area contributed by atoms with Gasteiger partial charge in [-0.1, -0.05) is 43.7 Å². The Morgan fingerprint density at radius 1 is 1.21 bits per heavy atom. The average Bonchev–Trinajstić information content (AvgIpc) is 2.15. The fourth-order valence-corrected chi connectivity index (χ4v) is 2.14. The van der Waals surface area contributed by atoms with Crippen molar-refractivity contribution in [1.82, 2.24) is 0 Å². The van der Waals surface area contributed by atoms with Crippen LogP contribution in [-0.2, 0) is 0 Å². The van der Waals surface area contributed by atoms with Crippen molar-refractivity contribution in [3.8, 4) is 0 Å². The molecule has 0 heterocycles. The summed E-state index contributed by atoms with van der Waals surface area (Å²) in [6.07, 6.45) is 3.56. The van der Waals surface area contributed by atoms with Crippen molar-refractivity contribution in [3.05, 3.63) is 35.9 Å². The van der Waals surface area contributed by atoms with E-state index < -0.39 is 0 Å². The number of rotatable bonds is 3. The van der Waals surface area contributed by atoms with E-state index in [-0.39, 0.29) is 12.0 Å². The molecule has 0 amide bonds. The lowest BCUT2D eigenvalue weighted by atomic mass is 9.75. The van der Waals surface area contributed by atoms with Crippen LogP contribution in [0.25, 0.3) is 0 Å². The monoisotopic (exact) mass is 190 g/mol. The highest BCUT2D eigenvalue weighted by Gasteiger charge is 2.29. The van der Waals surface area contributed by atoms with Gasteiger partial charge in [-0.25, -0.2) is 0 Å². The Morgan fingerprint density at radius 3 is 2.36 bits per heavy atom. The van der Waals surface area contributed by atoms with Crippen LogP contribution < -0.4 is 0 Å². The van der Waals surface area contributed by atoms with E-state index in [0.29, 0.717) is 5.92 Å². The maximum atomic E-state index is 10.1. The molecule has 2 atom stereocenters. The Bertz CT molecular complexity index is 277. The topological polar surface area (TPSA) is 20.2 Å². The molecule has 0 aromatic heterocycles. The van der Waals surface area contributed by atoms with Gasteiger partial charge in [-0.05, 0) is 24.3 Å². The molecular formula is C13H18O. The van der Waals surface area contributed by atoms with Crippen molar-refractivity contribution in [2.45, 2.75) is 38.2 Å². The molecule has 1 aliphatic rings. The molecule has 1 heteroatoms. The highest BCUT2D eigenvalue weighted by Crippen LogP contribution is 2.35. The first-order valence-electron chi connectivity index (χ1n) is 5.52. The van der Waals surface area contributed by atoms with Gasteiger partial charge in [0, 0.05) is 5.92 Å². The summed E-state index contributed by atoms with van der Waals surface area (Å²) in [5.74, 6) is 0.826. The minimum Gasteiger partial charge on any atom is -0.392 e. The van der Waals surface area contributed by atoms with Crippen LogP contribution in [0.15, 0.2) is 30.3 Å². The second-order valence-electron chi connectivity index (χ2n) is 4.38. The minimum absolute atomic E-state index is 0.147. The zero-order valence-corrected chi connectivity index (χ0v) is 8.69. The van der Waals surface area contributed by atoms with E-state index in [4.69, 9.17) is 0 Å². The zero-order valence-electron chi connectivity index (χ0n) is 8.69. The summed E-state index contributed by atoms with van der Waals surface area (Å²) in [6, 6.07) is 10.3. The molecule has 1 nitrogen and oxygen atoms in total. The number of benzene rings is 1. The Kier molecular flexibility index (Phi) is 2.87. The molecule has 1 fully saturated rings. The quantitative estimate of drug-likeness (QED) is 0.777. The first-order valence-corrected chi connectivity index (χ1v) is 5.52. The lowest BCUT2D eigenvalue weighted by Gasteiger charge is -2.34. The molecule has 0 aliphatic heterocycles. The normalized spacial score (nSPS) is 21.3. The molecule has 1 N–H and O–H groups in total. The molecule has 2 rings (SSSR count). The van der Waals surface area contributed by atoms with Crippen LogP contribution in [-0.4, -0.2) is 11.2 Å². The van der Waals surface area contributed by atoms with Crippen molar-refractivity contribution >= 4 is 0 Å². The van der Waals surface area contributed by atoms with Crippen LogP contribution in [0, 0.1) is 5.92 Å². The first-order chi connectivity index (χ1) is 6.79. The SMILES string of the molecule is CC(c1ccccc1)C(O)C1CCC1. The van der Waals surface area contributed by atoms with E-state index >= 15 is 0 Å². The van der Waals surface area contributed by atoms with E-state index in [0.717, 1.165) is 0 Å². The third kappa shape index (κ3) is 1.83. The Labute approximate surface area is 85.8 Å². The van der Waals surface area contributed by atoms with Gasteiger partial charge in [0.1, 0.15) is 0 Å². The van der Waals surface area contributed by atoms with E-state index in [1.165, 1.54) is 24.8 Å². The predicted molar refractivity (Wildman–Crippen MR) is 58.2 cm³/mol. The maximum Gasteiger partial charge on any atom is 0.0634 e. The van der Waals surface area contributed by atoms with Crippen LogP contribution >= 0.6 is 0 Å². The minimum atomic E-state index is -0.147. The molecule has 1 saturated carbocycles. The summed E-state index contributed by atoms with van der Waals surface area (Å²) in [7, 11) is 0. The highest BCUT2D eigenvalue weighted by molar-refractivity contribution is 5.20. The fraction of sp³-hybridized carbons (Fsp3) is 0.538. The van der Waals surface area contributed by atoms with Gasteiger partial charge in [0.05, 0.1) is 6.10 Å². The summed E-state index contributed by atoms with van der Waals surface area (Å²) >= 11 is 0. The van der Waals surface area contributed by atoms with Gasteiger partial charge >= 0.3 is 0 Å². The van der Waals surface area contributed by atoms with Crippen molar-refractivity contribution in [3.63, 3.8) is 0 Å². The van der Waals surface area contributed by atoms with Crippen molar-refractivity contribution in [2.24, 2.45) is 5.92 Å². The van der Waals surface area contributed by atoms with Gasteiger partial charge in [-0.2, -0.15) is 0 Å². The summed E-state index contributed by atoms with van der Waals surface area (Å²) in [4.78, 5) is 0. The Hall–Kier alpha value is -0.820. The molecule has 0 spiro atoms. The average molecular weight is 190 g/mol. The van der Waals surface area contributed by atoms with Crippen LogP contribution in [0.4, 0.5) is 0 Å². The lowest BCUT2D eigenvalue weighted by Crippen LogP contribution is -2.31. The number of aliphatic hydroxyl groups excluding tert-OH is 1. The largest absolute Gasteiger partial charge is 0.392 e. The van der Waals surface area contributed by atoms with Gasteiger partial charge in [0.2, 0.25) is 0 Å². The molecule has 1 aromatic rings. The molecule has 14 heavy (non-hydrogen) atoms. The van der Waals surface area contributed by atoms with Crippen molar-refractivity contribution in [1.29, 1.82) is 0 Å². The summed E-state index contributed by atoms with van der Waals surface area (Å²) in [6.45, 7) is 2.12. The third-order valence-electron chi connectivity index (χ3n) is 3.47. The molecular weight excluding hydrogens is 172 g/mol. The maximum absolute atomic E-state index is 10.1.